The molecule has 2 rings (SSSR count). The van der Waals surface area contributed by atoms with E-state index in [1.165, 1.54) is 5.56 Å². The highest BCUT2D eigenvalue weighted by molar-refractivity contribution is 6.32. The van der Waals surface area contributed by atoms with E-state index in [1.807, 2.05) is 31.2 Å². The van der Waals surface area contributed by atoms with Crippen LogP contribution in [0.15, 0.2) is 42.6 Å². The molecule has 0 saturated heterocycles. The normalized spacial score (nSPS) is 10.1. The lowest BCUT2D eigenvalue weighted by Gasteiger charge is -2.07. The lowest BCUT2D eigenvalue weighted by molar-refractivity contribution is 1.11. The first-order chi connectivity index (χ1) is 7.75. The van der Waals surface area contributed by atoms with Crippen LogP contribution in [-0.2, 0) is 6.54 Å². The quantitative estimate of drug-likeness (QED) is 0.874. The molecular weight excluding hydrogens is 220 g/mol. The maximum absolute atomic E-state index is 6.07. The van der Waals surface area contributed by atoms with Gasteiger partial charge in [0.25, 0.3) is 0 Å². The lowest BCUT2D eigenvalue weighted by atomic mass is 10.2. The number of anilines is 1. The zero-order valence-corrected chi connectivity index (χ0v) is 9.83. The minimum atomic E-state index is 0.663. The van der Waals surface area contributed by atoms with Crippen molar-refractivity contribution in [3.63, 3.8) is 0 Å². The lowest BCUT2D eigenvalue weighted by Crippen LogP contribution is -2.01. The Kier molecular flexibility index (Phi) is 3.42. The molecule has 2 aromatic rings. The van der Waals surface area contributed by atoms with Gasteiger partial charge in [-0.15, -0.1) is 0 Å². The number of hydrogen-bond donors (Lipinski definition) is 1. The average Bonchev–Trinajstić information content (AvgIpc) is 2.29. The fraction of sp³-hybridized carbons (Fsp3) is 0.154. The Morgan fingerprint density at radius 1 is 1.25 bits per heavy atom. The third-order valence-corrected chi connectivity index (χ3v) is 2.57. The minimum absolute atomic E-state index is 0.663. The number of benzene rings is 1. The molecule has 0 aliphatic heterocycles. The van der Waals surface area contributed by atoms with Crippen LogP contribution in [0.1, 0.15) is 11.1 Å². The van der Waals surface area contributed by atoms with E-state index in [2.05, 4.69) is 22.4 Å². The van der Waals surface area contributed by atoms with Crippen molar-refractivity contribution in [2.75, 3.05) is 5.32 Å². The van der Waals surface area contributed by atoms with Crippen LogP contribution in [-0.4, -0.2) is 4.98 Å². The first kappa shape index (κ1) is 11.0. The molecule has 0 radical (unpaired) electrons. The number of aryl methyl sites for hydroxylation is 1. The summed E-state index contributed by atoms with van der Waals surface area (Å²) in [7, 11) is 0. The molecule has 3 heteroatoms. The topological polar surface area (TPSA) is 24.9 Å². The second-order valence-corrected chi connectivity index (χ2v) is 4.09. The summed E-state index contributed by atoms with van der Waals surface area (Å²) in [6.45, 7) is 2.70. The molecule has 0 unspecified atom stereocenters. The van der Waals surface area contributed by atoms with Gasteiger partial charge in [0.2, 0.25) is 0 Å². The average molecular weight is 233 g/mol. The summed E-state index contributed by atoms with van der Waals surface area (Å²) < 4.78 is 0. The van der Waals surface area contributed by atoms with Crippen molar-refractivity contribution in [3.05, 3.63) is 58.7 Å². The van der Waals surface area contributed by atoms with Gasteiger partial charge in [0, 0.05) is 12.7 Å². The van der Waals surface area contributed by atoms with E-state index in [0.717, 1.165) is 17.9 Å². The standard InChI is InChI=1S/C13H13ClN2/c1-10-7-12(14)13(15-8-10)16-9-11-5-3-2-4-6-11/h2-8H,9H2,1H3,(H,15,16). The maximum Gasteiger partial charge on any atom is 0.145 e. The Bertz CT molecular complexity index is 469. The highest BCUT2D eigenvalue weighted by Crippen LogP contribution is 2.20. The molecule has 82 valence electrons. The zero-order chi connectivity index (χ0) is 11.4. The van der Waals surface area contributed by atoms with Crippen LogP contribution < -0.4 is 5.32 Å². The molecule has 16 heavy (non-hydrogen) atoms. The van der Waals surface area contributed by atoms with E-state index in [1.54, 1.807) is 6.20 Å². The predicted molar refractivity (Wildman–Crippen MR) is 67.8 cm³/mol. The molecule has 0 aliphatic rings. The molecule has 0 atom stereocenters. The van der Waals surface area contributed by atoms with Gasteiger partial charge in [-0.1, -0.05) is 41.9 Å². The number of pyridine rings is 1. The molecule has 0 aliphatic carbocycles. The largest absolute Gasteiger partial charge is 0.365 e. The summed E-state index contributed by atoms with van der Waals surface area (Å²) in [5, 5.41) is 3.88. The smallest absolute Gasteiger partial charge is 0.145 e. The molecule has 0 spiro atoms. The van der Waals surface area contributed by atoms with E-state index in [-0.39, 0.29) is 0 Å². The first-order valence-corrected chi connectivity index (χ1v) is 5.53. The zero-order valence-electron chi connectivity index (χ0n) is 9.07. The minimum Gasteiger partial charge on any atom is -0.365 e. The van der Waals surface area contributed by atoms with Gasteiger partial charge in [0.1, 0.15) is 5.82 Å². The van der Waals surface area contributed by atoms with Gasteiger partial charge in [-0.05, 0) is 24.1 Å². The van der Waals surface area contributed by atoms with Gasteiger partial charge in [-0.25, -0.2) is 4.98 Å². The summed E-state index contributed by atoms with van der Waals surface area (Å²) in [6, 6.07) is 12.1. The van der Waals surface area contributed by atoms with Crippen molar-refractivity contribution < 1.29 is 0 Å². The molecule has 1 heterocycles. The summed E-state index contributed by atoms with van der Waals surface area (Å²) in [5.41, 5.74) is 2.27. The van der Waals surface area contributed by atoms with Gasteiger partial charge < -0.3 is 5.32 Å². The van der Waals surface area contributed by atoms with Crippen molar-refractivity contribution >= 4 is 17.4 Å². The van der Waals surface area contributed by atoms with Crippen molar-refractivity contribution in [1.29, 1.82) is 0 Å². The Balaban J connectivity index is 2.05. The Labute approximate surface area is 100 Å². The van der Waals surface area contributed by atoms with Crippen molar-refractivity contribution in [2.24, 2.45) is 0 Å². The molecule has 0 fully saturated rings. The third-order valence-electron chi connectivity index (χ3n) is 2.28. The monoisotopic (exact) mass is 232 g/mol. The molecule has 0 bridgehead atoms. The van der Waals surface area contributed by atoms with E-state index in [4.69, 9.17) is 11.6 Å². The van der Waals surface area contributed by atoms with E-state index in [0.29, 0.717) is 5.02 Å². The number of nitrogens with zero attached hydrogens (tertiary/aromatic N) is 1. The van der Waals surface area contributed by atoms with Gasteiger partial charge in [-0.3, -0.25) is 0 Å². The molecule has 1 aromatic carbocycles. The second kappa shape index (κ2) is 4.99. The molecule has 0 saturated carbocycles. The van der Waals surface area contributed by atoms with E-state index in [9.17, 15) is 0 Å². The van der Waals surface area contributed by atoms with Crippen molar-refractivity contribution in [3.8, 4) is 0 Å². The molecule has 2 nitrogen and oxygen atoms in total. The fourth-order valence-corrected chi connectivity index (χ4v) is 1.73. The summed E-state index contributed by atoms with van der Waals surface area (Å²) in [4.78, 5) is 4.25. The van der Waals surface area contributed by atoms with Gasteiger partial charge in [-0.2, -0.15) is 0 Å². The molecule has 1 aromatic heterocycles. The third kappa shape index (κ3) is 2.74. The number of nitrogens with one attached hydrogen (secondary N) is 1. The van der Waals surface area contributed by atoms with Gasteiger partial charge in [0.05, 0.1) is 5.02 Å². The highest BCUT2D eigenvalue weighted by Gasteiger charge is 2.01. The maximum atomic E-state index is 6.07. The van der Waals surface area contributed by atoms with Crippen LogP contribution in [0.25, 0.3) is 0 Å². The van der Waals surface area contributed by atoms with E-state index < -0.39 is 0 Å². The first-order valence-electron chi connectivity index (χ1n) is 5.15. The van der Waals surface area contributed by atoms with Crippen LogP contribution in [0.5, 0.6) is 0 Å². The highest BCUT2D eigenvalue weighted by atomic mass is 35.5. The van der Waals surface area contributed by atoms with Crippen LogP contribution in [0.4, 0.5) is 5.82 Å². The Hall–Kier alpha value is -1.54. The number of aromatic nitrogens is 1. The Morgan fingerprint density at radius 3 is 2.69 bits per heavy atom. The van der Waals surface area contributed by atoms with Crippen molar-refractivity contribution in [2.45, 2.75) is 13.5 Å². The second-order valence-electron chi connectivity index (χ2n) is 3.68. The predicted octanol–water partition coefficient (Wildman–Crippen LogP) is 3.66. The van der Waals surface area contributed by atoms with Crippen LogP contribution in [0.2, 0.25) is 5.02 Å². The number of hydrogen-bond acceptors (Lipinski definition) is 2. The summed E-state index contributed by atoms with van der Waals surface area (Å²) in [5.74, 6) is 0.733. The summed E-state index contributed by atoms with van der Waals surface area (Å²) in [6.07, 6.45) is 1.80. The molecular formula is C13H13ClN2. The Morgan fingerprint density at radius 2 is 2.00 bits per heavy atom. The van der Waals surface area contributed by atoms with E-state index >= 15 is 0 Å². The molecule has 0 amide bonds. The number of halogens is 1. The van der Waals surface area contributed by atoms with Gasteiger partial charge >= 0.3 is 0 Å². The molecule has 1 N–H and O–H groups in total. The number of rotatable bonds is 3. The van der Waals surface area contributed by atoms with Crippen molar-refractivity contribution in [1.82, 2.24) is 4.98 Å². The van der Waals surface area contributed by atoms with Gasteiger partial charge in [0.15, 0.2) is 0 Å². The SMILES string of the molecule is Cc1cnc(NCc2ccccc2)c(Cl)c1. The summed E-state index contributed by atoms with van der Waals surface area (Å²) >= 11 is 6.07. The van der Waals surface area contributed by atoms with Crippen LogP contribution in [0.3, 0.4) is 0 Å². The van der Waals surface area contributed by atoms with Crippen LogP contribution in [0, 0.1) is 6.92 Å². The fourth-order valence-electron chi connectivity index (χ4n) is 1.45. The van der Waals surface area contributed by atoms with Crippen LogP contribution >= 0.6 is 11.6 Å².